The average molecular weight is 261 g/mol. The first kappa shape index (κ1) is 14.5. The second-order valence-electron chi connectivity index (χ2n) is 6.52. The van der Waals surface area contributed by atoms with Crippen molar-refractivity contribution in [2.45, 2.75) is 39.8 Å². The van der Waals surface area contributed by atoms with E-state index in [1.54, 1.807) is 0 Å². The molecule has 0 amide bonds. The van der Waals surface area contributed by atoms with E-state index < -0.39 is 5.60 Å². The van der Waals surface area contributed by atoms with Gasteiger partial charge in [-0.2, -0.15) is 0 Å². The van der Waals surface area contributed by atoms with E-state index in [1.807, 2.05) is 0 Å². The minimum absolute atomic E-state index is 0.316. The molecule has 0 saturated carbocycles. The molecule has 1 fully saturated rings. The highest BCUT2D eigenvalue weighted by molar-refractivity contribution is 5.15. The molecule has 0 aliphatic carbocycles. The molecule has 1 aliphatic rings. The van der Waals surface area contributed by atoms with Gasteiger partial charge in [0.2, 0.25) is 0 Å². The summed E-state index contributed by atoms with van der Waals surface area (Å²) in [4.78, 5) is 2.47. The Morgan fingerprint density at radius 2 is 1.68 bits per heavy atom. The van der Waals surface area contributed by atoms with Crippen LogP contribution >= 0.6 is 0 Å². The molecule has 0 radical (unpaired) electrons. The average Bonchev–Trinajstić information content (AvgIpc) is 2.36. The molecule has 0 spiro atoms. The van der Waals surface area contributed by atoms with Gasteiger partial charge in [-0.1, -0.05) is 58.0 Å². The molecule has 2 unspecified atom stereocenters. The molecule has 2 atom stereocenters. The van der Waals surface area contributed by atoms with E-state index in [4.69, 9.17) is 0 Å². The van der Waals surface area contributed by atoms with E-state index in [1.165, 1.54) is 5.56 Å². The van der Waals surface area contributed by atoms with Crippen molar-refractivity contribution in [2.24, 2.45) is 17.8 Å². The lowest BCUT2D eigenvalue weighted by Gasteiger charge is -2.50. The minimum Gasteiger partial charge on any atom is -0.389 e. The zero-order chi connectivity index (χ0) is 14.0. The van der Waals surface area contributed by atoms with Crippen molar-refractivity contribution in [1.29, 1.82) is 0 Å². The van der Waals surface area contributed by atoms with Gasteiger partial charge in [-0.25, -0.2) is 0 Å². The number of nitrogens with zero attached hydrogens (tertiary/aromatic N) is 1. The van der Waals surface area contributed by atoms with Crippen LogP contribution in [0.1, 0.15) is 33.3 Å². The quantitative estimate of drug-likeness (QED) is 0.903. The van der Waals surface area contributed by atoms with Gasteiger partial charge in [-0.05, 0) is 23.3 Å². The standard InChI is InChI=1S/C17H27NO/c1-13(2)17(19)14(3)10-18(11-15(17)4)12-16-8-6-5-7-9-16/h5-9,13-15,19H,10-12H2,1-4H3. The third kappa shape index (κ3) is 2.85. The second kappa shape index (κ2) is 5.64. The summed E-state index contributed by atoms with van der Waals surface area (Å²) in [5.74, 6) is 0.955. The van der Waals surface area contributed by atoms with Gasteiger partial charge in [0.25, 0.3) is 0 Å². The van der Waals surface area contributed by atoms with Crippen LogP contribution < -0.4 is 0 Å². The third-order valence-electron chi connectivity index (χ3n) is 4.82. The number of hydrogen-bond acceptors (Lipinski definition) is 2. The first-order valence-electron chi connectivity index (χ1n) is 7.43. The van der Waals surface area contributed by atoms with Crippen LogP contribution in [0.3, 0.4) is 0 Å². The molecule has 106 valence electrons. The highest BCUT2D eigenvalue weighted by Crippen LogP contribution is 2.38. The highest BCUT2D eigenvalue weighted by atomic mass is 16.3. The molecule has 1 aliphatic heterocycles. The van der Waals surface area contributed by atoms with Gasteiger partial charge >= 0.3 is 0 Å². The van der Waals surface area contributed by atoms with Crippen LogP contribution in [0, 0.1) is 17.8 Å². The van der Waals surface area contributed by atoms with Crippen molar-refractivity contribution < 1.29 is 5.11 Å². The Balaban J connectivity index is 2.06. The van der Waals surface area contributed by atoms with E-state index >= 15 is 0 Å². The molecule has 1 saturated heterocycles. The molecule has 2 heteroatoms. The maximum atomic E-state index is 10.9. The molecular formula is C17H27NO. The highest BCUT2D eigenvalue weighted by Gasteiger charge is 2.46. The monoisotopic (exact) mass is 261 g/mol. The fourth-order valence-corrected chi connectivity index (χ4v) is 3.74. The van der Waals surface area contributed by atoms with Crippen molar-refractivity contribution in [3.63, 3.8) is 0 Å². The van der Waals surface area contributed by atoms with Crippen molar-refractivity contribution in [1.82, 2.24) is 4.90 Å². The van der Waals surface area contributed by atoms with E-state index in [9.17, 15) is 5.11 Å². The van der Waals surface area contributed by atoms with Gasteiger partial charge in [0.05, 0.1) is 5.60 Å². The van der Waals surface area contributed by atoms with Crippen LogP contribution in [0.15, 0.2) is 30.3 Å². The van der Waals surface area contributed by atoms with Gasteiger partial charge in [-0.15, -0.1) is 0 Å². The summed E-state index contributed by atoms with van der Waals surface area (Å²) in [6.45, 7) is 11.6. The first-order chi connectivity index (χ1) is 8.94. The SMILES string of the molecule is CC(C)C1(O)C(C)CN(Cc2ccccc2)CC1C. The Morgan fingerprint density at radius 1 is 1.16 bits per heavy atom. The molecular weight excluding hydrogens is 234 g/mol. The maximum absolute atomic E-state index is 10.9. The molecule has 2 rings (SSSR count). The number of aliphatic hydroxyl groups is 1. The smallest absolute Gasteiger partial charge is 0.0745 e. The number of hydrogen-bond donors (Lipinski definition) is 1. The topological polar surface area (TPSA) is 23.5 Å². The summed E-state index contributed by atoms with van der Waals surface area (Å²) < 4.78 is 0. The molecule has 1 heterocycles. The Labute approximate surface area is 117 Å². The Kier molecular flexibility index (Phi) is 4.32. The Morgan fingerprint density at radius 3 is 2.16 bits per heavy atom. The lowest BCUT2D eigenvalue weighted by molar-refractivity contribution is -0.137. The third-order valence-corrected chi connectivity index (χ3v) is 4.82. The molecule has 19 heavy (non-hydrogen) atoms. The van der Waals surface area contributed by atoms with E-state index in [0.717, 1.165) is 19.6 Å². The summed E-state index contributed by atoms with van der Waals surface area (Å²) in [6.07, 6.45) is 0. The molecule has 0 aromatic heterocycles. The molecule has 0 bridgehead atoms. The van der Waals surface area contributed by atoms with Gasteiger partial charge in [0, 0.05) is 19.6 Å². The zero-order valence-electron chi connectivity index (χ0n) is 12.6. The van der Waals surface area contributed by atoms with Crippen LogP contribution in [-0.2, 0) is 6.54 Å². The van der Waals surface area contributed by atoms with Gasteiger partial charge in [0.1, 0.15) is 0 Å². The summed E-state index contributed by atoms with van der Waals surface area (Å²) in [5.41, 5.74) is 0.838. The molecule has 1 N–H and O–H groups in total. The predicted molar refractivity (Wildman–Crippen MR) is 79.8 cm³/mol. The summed E-state index contributed by atoms with van der Waals surface area (Å²) in [6, 6.07) is 10.6. The normalized spacial score (nSPS) is 32.7. The number of piperidine rings is 1. The lowest BCUT2D eigenvalue weighted by atomic mass is 9.68. The van der Waals surface area contributed by atoms with E-state index in [-0.39, 0.29) is 0 Å². The lowest BCUT2D eigenvalue weighted by Crippen LogP contribution is -2.58. The second-order valence-corrected chi connectivity index (χ2v) is 6.52. The minimum atomic E-state index is -0.521. The Hall–Kier alpha value is -0.860. The van der Waals surface area contributed by atoms with Crippen LogP contribution in [0.25, 0.3) is 0 Å². The molecule has 1 aromatic rings. The van der Waals surface area contributed by atoms with Gasteiger partial charge < -0.3 is 5.11 Å². The van der Waals surface area contributed by atoms with Crippen molar-refractivity contribution in [3.8, 4) is 0 Å². The van der Waals surface area contributed by atoms with Crippen molar-refractivity contribution >= 4 is 0 Å². The van der Waals surface area contributed by atoms with Crippen LogP contribution in [-0.4, -0.2) is 28.7 Å². The molecule has 1 aromatic carbocycles. The number of likely N-dealkylation sites (tertiary alicyclic amines) is 1. The summed E-state index contributed by atoms with van der Waals surface area (Å²) >= 11 is 0. The largest absolute Gasteiger partial charge is 0.389 e. The van der Waals surface area contributed by atoms with Gasteiger partial charge in [0.15, 0.2) is 0 Å². The van der Waals surface area contributed by atoms with Crippen LogP contribution in [0.4, 0.5) is 0 Å². The van der Waals surface area contributed by atoms with Crippen molar-refractivity contribution in [2.75, 3.05) is 13.1 Å². The number of rotatable bonds is 3. The summed E-state index contributed by atoms with van der Waals surface area (Å²) in [5, 5.41) is 10.9. The Bertz CT molecular complexity index is 389. The zero-order valence-corrected chi connectivity index (χ0v) is 12.6. The van der Waals surface area contributed by atoms with Gasteiger partial charge in [-0.3, -0.25) is 4.90 Å². The first-order valence-corrected chi connectivity index (χ1v) is 7.43. The fraction of sp³-hybridized carbons (Fsp3) is 0.647. The molecule has 2 nitrogen and oxygen atoms in total. The predicted octanol–water partition coefficient (Wildman–Crippen LogP) is 3.16. The number of benzene rings is 1. The van der Waals surface area contributed by atoms with Crippen LogP contribution in [0.5, 0.6) is 0 Å². The maximum Gasteiger partial charge on any atom is 0.0745 e. The van der Waals surface area contributed by atoms with E-state index in [2.05, 4.69) is 62.9 Å². The summed E-state index contributed by atoms with van der Waals surface area (Å²) in [7, 11) is 0. The van der Waals surface area contributed by atoms with Crippen molar-refractivity contribution in [3.05, 3.63) is 35.9 Å². The fourth-order valence-electron chi connectivity index (χ4n) is 3.74. The van der Waals surface area contributed by atoms with E-state index in [0.29, 0.717) is 17.8 Å². The van der Waals surface area contributed by atoms with Crippen LogP contribution in [0.2, 0.25) is 0 Å².